The topological polar surface area (TPSA) is 88.6 Å². The highest BCUT2D eigenvalue weighted by Gasteiger charge is 2.37. The number of hydrogen-bond donors (Lipinski definition) is 1. The van der Waals surface area contributed by atoms with Crippen molar-refractivity contribution in [2.75, 3.05) is 13.7 Å². The SMILES string of the molecule is [B]C(=O)N[C@H]1C[C@@H](C)N(CC(=O)C=Cc2ccc(OC)nc2)C1=O. The van der Waals surface area contributed by atoms with E-state index in [2.05, 4.69) is 10.3 Å². The van der Waals surface area contributed by atoms with Crippen LogP contribution in [0.25, 0.3) is 6.08 Å². The summed E-state index contributed by atoms with van der Waals surface area (Å²) in [6.07, 6.45) is 5.04. The van der Waals surface area contributed by atoms with Crippen molar-refractivity contribution in [2.24, 2.45) is 0 Å². The molecule has 2 amide bonds. The third-order valence-electron chi connectivity index (χ3n) is 3.76. The van der Waals surface area contributed by atoms with E-state index < -0.39 is 11.8 Å². The molecule has 1 aliphatic rings. The van der Waals surface area contributed by atoms with E-state index in [9.17, 15) is 14.4 Å². The highest BCUT2D eigenvalue weighted by atomic mass is 16.5. The zero-order valence-corrected chi connectivity index (χ0v) is 13.6. The second kappa shape index (κ2) is 7.76. The van der Waals surface area contributed by atoms with Crippen molar-refractivity contribution in [3.05, 3.63) is 30.0 Å². The molecule has 7 nitrogen and oxygen atoms in total. The van der Waals surface area contributed by atoms with E-state index in [0.717, 1.165) is 5.56 Å². The van der Waals surface area contributed by atoms with E-state index in [4.69, 9.17) is 12.6 Å². The summed E-state index contributed by atoms with van der Waals surface area (Å²) in [7, 11) is 6.57. The molecule has 0 aliphatic carbocycles. The summed E-state index contributed by atoms with van der Waals surface area (Å²) in [5.41, 5.74) is 0.748. The molecule has 0 saturated carbocycles. The standard InChI is InChI=1S/C16H18BN3O4/c1-10-7-13(19-16(17)23)15(22)20(10)9-12(21)5-3-11-4-6-14(24-2)18-8-11/h3-6,8,10,13H,7,9H2,1-2H3,(H,19,23)/t10-,13+/m1/s1. The van der Waals surface area contributed by atoms with Gasteiger partial charge in [0.1, 0.15) is 6.04 Å². The summed E-state index contributed by atoms with van der Waals surface area (Å²) in [5.74, 6) is -0.775. The Kier molecular flexibility index (Phi) is 5.73. The first-order valence-electron chi connectivity index (χ1n) is 7.48. The Morgan fingerprint density at radius 3 is 2.83 bits per heavy atom. The Bertz CT molecular complexity index is 660. The normalized spacial score (nSPS) is 20.4. The van der Waals surface area contributed by atoms with Gasteiger partial charge in [-0.25, -0.2) is 4.98 Å². The van der Waals surface area contributed by atoms with E-state index in [-0.39, 0.29) is 24.3 Å². The van der Waals surface area contributed by atoms with Gasteiger partial charge >= 0.3 is 0 Å². The number of carbonyl (C=O) groups excluding carboxylic acids is 3. The smallest absolute Gasteiger partial charge is 0.245 e. The first kappa shape index (κ1) is 17.7. The van der Waals surface area contributed by atoms with Gasteiger partial charge < -0.3 is 15.0 Å². The largest absolute Gasteiger partial charge is 0.481 e. The molecule has 0 bridgehead atoms. The van der Waals surface area contributed by atoms with Crippen LogP contribution in [0.2, 0.25) is 0 Å². The third-order valence-corrected chi connectivity index (χ3v) is 3.76. The lowest BCUT2D eigenvalue weighted by Gasteiger charge is -2.19. The minimum Gasteiger partial charge on any atom is -0.481 e. The quantitative estimate of drug-likeness (QED) is 0.608. The monoisotopic (exact) mass is 327 g/mol. The molecule has 1 aliphatic heterocycles. The number of ketones is 1. The van der Waals surface area contributed by atoms with Crippen molar-refractivity contribution in [1.29, 1.82) is 0 Å². The maximum atomic E-state index is 12.2. The van der Waals surface area contributed by atoms with Gasteiger partial charge in [0.15, 0.2) is 11.6 Å². The molecule has 24 heavy (non-hydrogen) atoms. The average Bonchev–Trinajstić information content (AvgIpc) is 2.80. The molecular formula is C16H18BN3O4. The maximum absolute atomic E-state index is 12.2. The number of aromatic nitrogens is 1. The summed E-state index contributed by atoms with van der Waals surface area (Å²) in [4.78, 5) is 40.6. The number of pyridine rings is 1. The zero-order chi connectivity index (χ0) is 17.7. The van der Waals surface area contributed by atoms with Crippen LogP contribution in [0.5, 0.6) is 5.88 Å². The molecule has 2 atom stereocenters. The number of carbonyl (C=O) groups is 3. The minimum absolute atomic E-state index is 0.0446. The molecule has 0 spiro atoms. The van der Waals surface area contributed by atoms with Gasteiger partial charge in [0, 0.05) is 18.3 Å². The Balaban J connectivity index is 1.94. The predicted octanol–water partition coefficient (Wildman–Crippen LogP) is 0.540. The highest BCUT2D eigenvalue weighted by Crippen LogP contribution is 2.19. The second-order valence-corrected chi connectivity index (χ2v) is 5.55. The van der Waals surface area contributed by atoms with Crippen LogP contribution in [0.1, 0.15) is 18.9 Å². The molecule has 124 valence electrons. The number of ether oxygens (including phenoxy) is 1. The summed E-state index contributed by atoms with van der Waals surface area (Å²) in [5, 5.41) is 2.39. The van der Waals surface area contributed by atoms with Crippen molar-refractivity contribution >= 4 is 31.4 Å². The van der Waals surface area contributed by atoms with Crippen LogP contribution in [0, 0.1) is 0 Å². The van der Waals surface area contributed by atoms with Crippen LogP contribution in [0.15, 0.2) is 24.4 Å². The highest BCUT2D eigenvalue weighted by molar-refractivity contribution is 6.57. The number of rotatable bonds is 6. The molecule has 8 heteroatoms. The van der Waals surface area contributed by atoms with Gasteiger partial charge in [-0.2, -0.15) is 0 Å². The van der Waals surface area contributed by atoms with Crippen LogP contribution in [-0.4, -0.2) is 61.0 Å². The molecule has 2 radical (unpaired) electrons. The first-order chi connectivity index (χ1) is 11.4. The average molecular weight is 327 g/mol. The number of methoxy groups -OCH3 is 1. The van der Waals surface area contributed by atoms with Gasteiger partial charge in [0.2, 0.25) is 19.6 Å². The third kappa shape index (κ3) is 4.44. The fourth-order valence-electron chi connectivity index (χ4n) is 2.53. The summed E-state index contributed by atoms with van der Waals surface area (Å²) in [6, 6.07) is 2.65. The van der Waals surface area contributed by atoms with Gasteiger partial charge in [0.05, 0.1) is 13.7 Å². The summed E-state index contributed by atoms with van der Waals surface area (Å²) < 4.78 is 4.96. The number of nitrogens with one attached hydrogen (secondary N) is 1. The Morgan fingerprint density at radius 2 is 2.25 bits per heavy atom. The molecule has 0 aromatic carbocycles. The van der Waals surface area contributed by atoms with Crippen molar-refractivity contribution in [3.8, 4) is 5.88 Å². The minimum atomic E-state index is -0.749. The van der Waals surface area contributed by atoms with Gasteiger partial charge in [-0.15, -0.1) is 0 Å². The molecular weight excluding hydrogens is 309 g/mol. The van der Waals surface area contributed by atoms with Crippen LogP contribution in [-0.2, 0) is 9.59 Å². The van der Waals surface area contributed by atoms with Gasteiger partial charge in [-0.1, -0.05) is 0 Å². The maximum Gasteiger partial charge on any atom is 0.245 e. The lowest BCUT2D eigenvalue weighted by Crippen LogP contribution is -2.42. The van der Waals surface area contributed by atoms with Crippen molar-refractivity contribution in [2.45, 2.75) is 25.4 Å². The van der Waals surface area contributed by atoms with Gasteiger partial charge in [-0.05, 0) is 37.1 Å². The van der Waals surface area contributed by atoms with Crippen LogP contribution >= 0.6 is 0 Å². The van der Waals surface area contributed by atoms with Gasteiger partial charge in [-0.3, -0.25) is 14.4 Å². The van der Waals surface area contributed by atoms with E-state index in [1.165, 1.54) is 18.1 Å². The predicted molar refractivity (Wildman–Crippen MR) is 88.7 cm³/mol. The Morgan fingerprint density at radius 1 is 1.50 bits per heavy atom. The molecule has 1 aromatic heterocycles. The molecule has 1 N–H and O–H groups in total. The Hall–Kier alpha value is -2.64. The summed E-state index contributed by atoms with van der Waals surface area (Å²) >= 11 is 0. The van der Waals surface area contributed by atoms with Crippen molar-refractivity contribution < 1.29 is 19.1 Å². The molecule has 1 aromatic rings. The first-order valence-corrected chi connectivity index (χ1v) is 7.48. The van der Waals surface area contributed by atoms with E-state index in [1.807, 2.05) is 6.92 Å². The van der Waals surface area contributed by atoms with Crippen LogP contribution in [0.4, 0.5) is 4.79 Å². The lowest BCUT2D eigenvalue weighted by molar-refractivity contribution is -0.133. The number of hydrogen-bond acceptors (Lipinski definition) is 5. The fraction of sp³-hybridized carbons (Fsp3) is 0.375. The molecule has 1 saturated heterocycles. The van der Waals surface area contributed by atoms with Crippen LogP contribution < -0.4 is 10.1 Å². The number of amides is 2. The number of likely N-dealkylation sites (tertiary alicyclic amines) is 1. The van der Waals surface area contributed by atoms with E-state index in [0.29, 0.717) is 12.3 Å². The molecule has 2 heterocycles. The fourth-order valence-corrected chi connectivity index (χ4v) is 2.53. The molecule has 2 rings (SSSR count). The van der Waals surface area contributed by atoms with E-state index in [1.54, 1.807) is 24.4 Å². The molecule has 1 fully saturated rings. The lowest BCUT2D eigenvalue weighted by atomic mass is 10.1. The summed E-state index contributed by atoms with van der Waals surface area (Å²) in [6.45, 7) is 1.78. The molecule has 0 unspecified atom stereocenters. The van der Waals surface area contributed by atoms with Crippen molar-refractivity contribution in [1.82, 2.24) is 15.2 Å². The number of nitrogens with zero attached hydrogens (tertiary/aromatic N) is 2. The second-order valence-electron chi connectivity index (χ2n) is 5.55. The van der Waals surface area contributed by atoms with E-state index >= 15 is 0 Å². The van der Waals surface area contributed by atoms with Crippen LogP contribution in [0.3, 0.4) is 0 Å². The zero-order valence-electron chi connectivity index (χ0n) is 13.6. The van der Waals surface area contributed by atoms with Gasteiger partial charge in [0.25, 0.3) is 0 Å². The van der Waals surface area contributed by atoms with Crippen molar-refractivity contribution in [3.63, 3.8) is 0 Å². The Labute approximate surface area is 141 Å².